The van der Waals surface area contributed by atoms with Crippen LogP contribution in [0.3, 0.4) is 0 Å². The molecular formula is C10H11F4N3O. The number of hydrogen-bond donors (Lipinski definition) is 3. The van der Waals surface area contributed by atoms with Gasteiger partial charge in [0.05, 0.1) is 23.5 Å². The number of nitrogens with one attached hydrogen (secondary N) is 1. The van der Waals surface area contributed by atoms with Crippen molar-refractivity contribution in [2.24, 2.45) is 5.73 Å². The molecule has 100 valence electrons. The molecule has 0 bridgehead atoms. The summed E-state index contributed by atoms with van der Waals surface area (Å²) in [6, 6.07) is 3.97. The van der Waals surface area contributed by atoms with E-state index in [0.717, 1.165) is 0 Å². The highest BCUT2D eigenvalue weighted by Gasteiger charge is 2.40. The van der Waals surface area contributed by atoms with E-state index >= 15 is 0 Å². The van der Waals surface area contributed by atoms with Crippen molar-refractivity contribution in [3.8, 4) is 0 Å². The first kappa shape index (κ1) is 14.1. The number of benzene rings is 1. The maximum Gasteiger partial charge on any atom is 0.324 e. The Balaban J connectivity index is 2.95. The average Bonchev–Trinajstić information content (AvgIpc) is 2.26. The van der Waals surface area contributed by atoms with Gasteiger partial charge in [0.25, 0.3) is 5.91 Å². The number of nitrogen functional groups attached to an aromatic ring is 1. The molecule has 1 rings (SSSR count). The lowest BCUT2D eigenvalue weighted by Crippen LogP contribution is -2.35. The van der Waals surface area contributed by atoms with Gasteiger partial charge in [0.15, 0.2) is 0 Å². The monoisotopic (exact) mass is 265 g/mol. The molecule has 0 fully saturated rings. The van der Waals surface area contributed by atoms with Gasteiger partial charge in [-0.05, 0) is 12.1 Å². The highest BCUT2D eigenvalue weighted by Crippen LogP contribution is 2.27. The Morgan fingerprint density at radius 2 is 2.00 bits per heavy atom. The molecule has 8 heteroatoms. The van der Waals surface area contributed by atoms with Crippen LogP contribution in [-0.4, -0.2) is 24.8 Å². The quantitative estimate of drug-likeness (QED) is 0.559. The third kappa shape index (κ3) is 3.02. The van der Waals surface area contributed by atoms with Gasteiger partial charge in [0.1, 0.15) is 0 Å². The molecular weight excluding hydrogens is 254 g/mol. The van der Waals surface area contributed by atoms with Gasteiger partial charge in [-0.2, -0.15) is 8.78 Å². The van der Waals surface area contributed by atoms with Crippen LogP contribution in [-0.2, 0) is 0 Å². The minimum atomic E-state index is -4.23. The Bertz CT molecular complexity index is 451. The fourth-order valence-electron chi connectivity index (χ4n) is 1.26. The molecule has 0 aliphatic carbocycles. The summed E-state index contributed by atoms with van der Waals surface area (Å²) < 4.78 is 49.4. The topological polar surface area (TPSA) is 81.1 Å². The summed E-state index contributed by atoms with van der Waals surface area (Å²) in [5, 5.41) is 2.03. The standard InChI is InChI=1S/C10H11F4N3O/c11-9(12)10(13,14)4-17-7-5(8(16)18)2-1-3-6(7)15/h1-3,9,17H,4,15H2,(H2,16,18). The van der Waals surface area contributed by atoms with Gasteiger partial charge in [0, 0.05) is 0 Å². The van der Waals surface area contributed by atoms with Crippen molar-refractivity contribution >= 4 is 17.3 Å². The van der Waals surface area contributed by atoms with E-state index in [4.69, 9.17) is 11.5 Å². The summed E-state index contributed by atoms with van der Waals surface area (Å²) in [6.07, 6.45) is -3.81. The third-order valence-electron chi connectivity index (χ3n) is 2.18. The number of amides is 1. The Morgan fingerprint density at radius 3 is 2.50 bits per heavy atom. The number of anilines is 2. The van der Waals surface area contributed by atoms with Crippen LogP contribution in [0.5, 0.6) is 0 Å². The van der Waals surface area contributed by atoms with Crippen molar-refractivity contribution in [3.63, 3.8) is 0 Å². The number of hydrogen-bond acceptors (Lipinski definition) is 3. The molecule has 0 aliphatic rings. The zero-order valence-corrected chi connectivity index (χ0v) is 9.09. The summed E-state index contributed by atoms with van der Waals surface area (Å²) in [7, 11) is 0. The third-order valence-corrected chi connectivity index (χ3v) is 2.18. The number of alkyl halides is 4. The smallest absolute Gasteiger partial charge is 0.324 e. The van der Waals surface area contributed by atoms with Gasteiger partial charge >= 0.3 is 12.3 Å². The van der Waals surface area contributed by atoms with Crippen LogP contribution in [0.15, 0.2) is 18.2 Å². The van der Waals surface area contributed by atoms with Gasteiger partial charge in [-0.1, -0.05) is 6.07 Å². The molecule has 5 N–H and O–H groups in total. The van der Waals surface area contributed by atoms with Crippen molar-refractivity contribution in [3.05, 3.63) is 23.8 Å². The van der Waals surface area contributed by atoms with Crippen LogP contribution in [0.4, 0.5) is 28.9 Å². The van der Waals surface area contributed by atoms with E-state index in [9.17, 15) is 22.4 Å². The van der Waals surface area contributed by atoms with Crippen LogP contribution < -0.4 is 16.8 Å². The van der Waals surface area contributed by atoms with E-state index in [0.29, 0.717) is 0 Å². The highest BCUT2D eigenvalue weighted by atomic mass is 19.3. The lowest BCUT2D eigenvalue weighted by molar-refractivity contribution is -0.117. The molecule has 0 unspecified atom stereocenters. The molecule has 4 nitrogen and oxygen atoms in total. The van der Waals surface area contributed by atoms with Gasteiger partial charge < -0.3 is 16.8 Å². The van der Waals surface area contributed by atoms with Crippen LogP contribution >= 0.6 is 0 Å². The first-order chi connectivity index (χ1) is 8.25. The van der Waals surface area contributed by atoms with Gasteiger partial charge in [-0.3, -0.25) is 4.79 Å². The fraction of sp³-hybridized carbons (Fsp3) is 0.300. The van der Waals surface area contributed by atoms with Crippen molar-refractivity contribution < 1.29 is 22.4 Å². The predicted octanol–water partition coefficient (Wildman–Crippen LogP) is 1.68. The van der Waals surface area contributed by atoms with Crippen molar-refractivity contribution in [1.82, 2.24) is 0 Å². The minimum absolute atomic E-state index is 0.0311. The van der Waals surface area contributed by atoms with Crippen molar-refractivity contribution in [2.75, 3.05) is 17.6 Å². The lowest BCUT2D eigenvalue weighted by Gasteiger charge is -2.18. The van der Waals surface area contributed by atoms with E-state index in [1.54, 1.807) is 0 Å². The summed E-state index contributed by atoms with van der Waals surface area (Å²) >= 11 is 0. The molecule has 0 saturated carbocycles. The summed E-state index contributed by atoms with van der Waals surface area (Å²) in [5.74, 6) is -5.12. The van der Waals surface area contributed by atoms with E-state index in [1.807, 2.05) is 5.32 Å². The summed E-state index contributed by atoms with van der Waals surface area (Å²) in [5.41, 5.74) is 10.1. The summed E-state index contributed by atoms with van der Waals surface area (Å²) in [4.78, 5) is 11.0. The Hall–Kier alpha value is -1.99. The number of nitrogens with two attached hydrogens (primary N) is 2. The maximum atomic E-state index is 12.7. The predicted molar refractivity (Wildman–Crippen MR) is 58.8 cm³/mol. The number of halogens is 4. The van der Waals surface area contributed by atoms with Crippen LogP contribution in [0.2, 0.25) is 0 Å². The van der Waals surface area contributed by atoms with Crippen LogP contribution in [0, 0.1) is 0 Å². The molecule has 0 radical (unpaired) electrons. The second kappa shape index (κ2) is 5.11. The zero-order chi connectivity index (χ0) is 13.9. The maximum absolute atomic E-state index is 12.7. The lowest BCUT2D eigenvalue weighted by atomic mass is 10.1. The Kier molecular flexibility index (Phi) is 4.00. The zero-order valence-electron chi connectivity index (χ0n) is 9.09. The van der Waals surface area contributed by atoms with Gasteiger partial charge in [-0.25, -0.2) is 8.78 Å². The molecule has 0 saturated heterocycles. The molecule has 1 aromatic rings. The molecule has 1 aromatic carbocycles. The van der Waals surface area contributed by atoms with Gasteiger partial charge in [-0.15, -0.1) is 0 Å². The molecule has 18 heavy (non-hydrogen) atoms. The molecule has 0 aromatic heterocycles. The van der Waals surface area contributed by atoms with Crippen LogP contribution in [0.1, 0.15) is 10.4 Å². The van der Waals surface area contributed by atoms with E-state index in [2.05, 4.69) is 0 Å². The van der Waals surface area contributed by atoms with Crippen molar-refractivity contribution in [1.29, 1.82) is 0 Å². The van der Waals surface area contributed by atoms with Crippen molar-refractivity contribution in [2.45, 2.75) is 12.3 Å². The van der Waals surface area contributed by atoms with E-state index in [-0.39, 0.29) is 16.9 Å². The Morgan fingerprint density at radius 1 is 1.39 bits per heavy atom. The molecule has 1 amide bonds. The Labute approximate surface area is 99.9 Å². The minimum Gasteiger partial charge on any atom is -0.397 e. The first-order valence-corrected chi connectivity index (χ1v) is 4.84. The normalized spacial score (nSPS) is 11.6. The molecule has 0 heterocycles. The van der Waals surface area contributed by atoms with Crippen LogP contribution in [0.25, 0.3) is 0 Å². The van der Waals surface area contributed by atoms with E-state index < -0.39 is 24.8 Å². The molecule has 0 aliphatic heterocycles. The number of carbonyl (C=O) groups is 1. The highest BCUT2D eigenvalue weighted by molar-refractivity contribution is 6.01. The largest absolute Gasteiger partial charge is 0.397 e. The second-order valence-corrected chi connectivity index (χ2v) is 3.55. The van der Waals surface area contributed by atoms with Gasteiger partial charge in [0.2, 0.25) is 0 Å². The SMILES string of the molecule is NC(=O)c1cccc(N)c1NCC(F)(F)C(F)F. The average molecular weight is 265 g/mol. The van der Waals surface area contributed by atoms with E-state index in [1.165, 1.54) is 18.2 Å². The number of rotatable bonds is 5. The number of para-hydroxylation sites is 1. The molecule has 0 spiro atoms. The summed E-state index contributed by atoms with van der Waals surface area (Å²) in [6.45, 7) is -1.35. The fourth-order valence-corrected chi connectivity index (χ4v) is 1.26. The first-order valence-electron chi connectivity index (χ1n) is 4.84. The second-order valence-electron chi connectivity index (χ2n) is 3.55. The number of primary amides is 1. The molecule has 0 atom stereocenters. The number of carbonyl (C=O) groups excluding carboxylic acids is 1.